The molecule has 4 N–H and O–H groups in total. The molecule has 1 atom stereocenters. The van der Waals surface area contributed by atoms with Gasteiger partial charge in [-0.2, -0.15) is 0 Å². The maximum Gasteiger partial charge on any atom is 0.237 e. The van der Waals surface area contributed by atoms with E-state index in [0.29, 0.717) is 6.42 Å². The number of nitrogens with zero attached hydrogens (tertiary/aromatic N) is 1. The maximum absolute atomic E-state index is 10.9. The van der Waals surface area contributed by atoms with Crippen LogP contribution < -0.4 is 11.5 Å². The summed E-state index contributed by atoms with van der Waals surface area (Å²) in [6.45, 7) is 5.88. The molecule has 0 spiro atoms. The highest BCUT2D eigenvalue weighted by Gasteiger charge is 2.24. The topological polar surface area (TPSA) is 72.3 Å². The van der Waals surface area contributed by atoms with Crippen LogP contribution in [0.4, 0.5) is 0 Å². The largest absolute Gasteiger partial charge is 0.368 e. The van der Waals surface area contributed by atoms with Gasteiger partial charge < -0.3 is 16.4 Å². The molecule has 0 aromatic rings. The summed E-state index contributed by atoms with van der Waals surface area (Å²) in [5, 5.41) is 0. The first-order valence-electron chi connectivity index (χ1n) is 5.17. The molecule has 4 heteroatoms. The molecule has 0 aliphatic rings. The average molecular weight is 201 g/mol. The lowest BCUT2D eigenvalue weighted by molar-refractivity contribution is -0.122. The second kappa shape index (κ2) is 5.98. The molecule has 0 heterocycles. The highest BCUT2D eigenvalue weighted by molar-refractivity contribution is 5.83. The first-order chi connectivity index (χ1) is 6.40. The van der Waals surface area contributed by atoms with Crippen molar-refractivity contribution in [2.75, 3.05) is 20.1 Å². The number of hydrogen-bond acceptors (Lipinski definition) is 3. The van der Waals surface area contributed by atoms with E-state index in [9.17, 15) is 4.79 Å². The number of amides is 1. The maximum atomic E-state index is 10.9. The summed E-state index contributed by atoms with van der Waals surface area (Å²) in [4.78, 5) is 13.1. The molecule has 0 aliphatic heterocycles. The Bertz CT molecular complexity index is 180. The van der Waals surface area contributed by atoms with Gasteiger partial charge >= 0.3 is 0 Å². The molecule has 84 valence electrons. The van der Waals surface area contributed by atoms with Gasteiger partial charge in [-0.3, -0.25) is 4.79 Å². The monoisotopic (exact) mass is 201 g/mol. The Morgan fingerprint density at radius 1 is 1.43 bits per heavy atom. The van der Waals surface area contributed by atoms with Gasteiger partial charge in [0, 0.05) is 0 Å². The third-order valence-corrected chi connectivity index (χ3v) is 2.40. The van der Waals surface area contributed by atoms with Crippen LogP contribution in [0.5, 0.6) is 0 Å². The molecule has 0 rings (SSSR count). The minimum atomic E-state index is -0.854. The molecule has 14 heavy (non-hydrogen) atoms. The van der Waals surface area contributed by atoms with Crippen molar-refractivity contribution in [2.45, 2.75) is 38.6 Å². The van der Waals surface area contributed by atoms with Crippen LogP contribution in [0.15, 0.2) is 0 Å². The Labute approximate surface area is 86.6 Å². The van der Waals surface area contributed by atoms with E-state index in [-0.39, 0.29) is 0 Å². The van der Waals surface area contributed by atoms with Gasteiger partial charge in [-0.1, -0.05) is 6.92 Å². The van der Waals surface area contributed by atoms with Gasteiger partial charge in [0.05, 0.1) is 5.54 Å². The van der Waals surface area contributed by atoms with Crippen molar-refractivity contribution in [2.24, 2.45) is 11.5 Å². The smallest absolute Gasteiger partial charge is 0.237 e. The summed E-state index contributed by atoms with van der Waals surface area (Å²) in [6, 6.07) is 0. The van der Waals surface area contributed by atoms with E-state index in [2.05, 4.69) is 18.9 Å². The molecule has 1 unspecified atom stereocenters. The van der Waals surface area contributed by atoms with Crippen molar-refractivity contribution in [3.63, 3.8) is 0 Å². The fourth-order valence-electron chi connectivity index (χ4n) is 1.33. The van der Waals surface area contributed by atoms with Crippen LogP contribution in [-0.2, 0) is 4.79 Å². The summed E-state index contributed by atoms with van der Waals surface area (Å²) < 4.78 is 0. The van der Waals surface area contributed by atoms with E-state index < -0.39 is 11.4 Å². The molecule has 0 aromatic heterocycles. The van der Waals surface area contributed by atoms with Crippen LogP contribution >= 0.6 is 0 Å². The van der Waals surface area contributed by atoms with Crippen molar-refractivity contribution in [1.82, 2.24) is 4.90 Å². The summed E-state index contributed by atoms with van der Waals surface area (Å²) >= 11 is 0. The molecular formula is C10H23N3O. The van der Waals surface area contributed by atoms with Crippen molar-refractivity contribution < 1.29 is 4.79 Å². The van der Waals surface area contributed by atoms with Crippen molar-refractivity contribution in [1.29, 1.82) is 0 Å². The normalized spacial score (nSPS) is 15.5. The molecule has 0 saturated heterocycles. The first kappa shape index (κ1) is 13.4. The average Bonchev–Trinajstić information content (AvgIpc) is 2.04. The molecule has 0 bridgehead atoms. The zero-order chi connectivity index (χ0) is 11.2. The molecule has 0 aromatic carbocycles. The fraction of sp³-hybridized carbons (Fsp3) is 0.900. The Morgan fingerprint density at radius 3 is 2.43 bits per heavy atom. The number of primary amides is 1. The Hall–Kier alpha value is -0.610. The van der Waals surface area contributed by atoms with Gasteiger partial charge in [-0.25, -0.2) is 0 Å². The van der Waals surface area contributed by atoms with Gasteiger partial charge in [0.15, 0.2) is 0 Å². The standard InChI is InChI=1S/C10H23N3O/c1-4-7-13(3)8-5-6-10(2,12)9(11)14/h4-8,12H2,1-3H3,(H2,11,14). The zero-order valence-electron chi connectivity index (χ0n) is 9.55. The minimum Gasteiger partial charge on any atom is -0.368 e. The Kier molecular flexibility index (Phi) is 5.72. The molecule has 0 saturated carbocycles. The summed E-state index contributed by atoms with van der Waals surface area (Å²) in [7, 11) is 2.07. The quantitative estimate of drug-likeness (QED) is 0.622. The zero-order valence-corrected chi connectivity index (χ0v) is 9.55. The third kappa shape index (κ3) is 5.19. The lowest BCUT2D eigenvalue weighted by atomic mass is 9.96. The van der Waals surface area contributed by atoms with Gasteiger partial charge in [0.1, 0.15) is 0 Å². The van der Waals surface area contributed by atoms with Crippen LogP contribution in [0.25, 0.3) is 0 Å². The number of rotatable bonds is 7. The van der Waals surface area contributed by atoms with E-state index in [1.807, 2.05) is 0 Å². The van der Waals surface area contributed by atoms with Gasteiger partial charge in [0.2, 0.25) is 5.91 Å². The van der Waals surface area contributed by atoms with Crippen molar-refractivity contribution in [3.05, 3.63) is 0 Å². The third-order valence-electron chi connectivity index (χ3n) is 2.40. The van der Waals surface area contributed by atoms with Crippen LogP contribution in [0.2, 0.25) is 0 Å². The van der Waals surface area contributed by atoms with Crippen LogP contribution in [0, 0.1) is 0 Å². The van der Waals surface area contributed by atoms with Gasteiger partial charge in [-0.05, 0) is 46.3 Å². The second-order valence-corrected chi connectivity index (χ2v) is 4.19. The summed E-state index contributed by atoms with van der Waals surface area (Å²) in [5.41, 5.74) is 10.0. The predicted molar refractivity (Wildman–Crippen MR) is 58.8 cm³/mol. The Morgan fingerprint density at radius 2 is 2.00 bits per heavy atom. The summed E-state index contributed by atoms with van der Waals surface area (Å²) in [5.74, 6) is -0.421. The number of hydrogen-bond donors (Lipinski definition) is 2. The summed E-state index contributed by atoms with van der Waals surface area (Å²) in [6.07, 6.45) is 2.70. The van der Waals surface area contributed by atoms with Crippen LogP contribution in [0.3, 0.4) is 0 Å². The molecule has 0 fully saturated rings. The van der Waals surface area contributed by atoms with E-state index in [1.54, 1.807) is 6.92 Å². The highest BCUT2D eigenvalue weighted by Crippen LogP contribution is 2.08. The number of nitrogens with two attached hydrogens (primary N) is 2. The fourth-order valence-corrected chi connectivity index (χ4v) is 1.33. The van der Waals surface area contributed by atoms with Crippen molar-refractivity contribution >= 4 is 5.91 Å². The minimum absolute atomic E-state index is 0.421. The van der Waals surface area contributed by atoms with Crippen LogP contribution in [0.1, 0.15) is 33.1 Å². The highest BCUT2D eigenvalue weighted by atomic mass is 16.1. The van der Waals surface area contributed by atoms with Gasteiger partial charge in [0.25, 0.3) is 0 Å². The second-order valence-electron chi connectivity index (χ2n) is 4.19. The molecule has 1 amide bonds. The lowest BCUT2D eigenvalue weighted by Crippen LogP contribution is -2.49. The number of carbonyl (C=O) groups excluding carboxylic acids is 1. The molecule has 0 radical (unpaired) electrons. The van der Waals surface area contributed by atoms with E-state index in [0.717, 1.165) is 25.9 Å². The SMILES string of the molecule is CCCN(C)CCCC(C)(N)C(N)=O. The lowest BCUT2D eigenvalue weighted by Gasteiger charge is -2.22. The predicted octanol–water partition coefficient (Wildman–Crippen LogP) is 0.311. The first-order valence-corrected chi connectivity index (χ1v) is 5.17. The van der Waals surface area contributed by atoms with Crippen molar-refractivity contribution in [3.8, 4) is 0 Å². The number of carbonyl (C=O) groups is 1. The molecular weight excluding hydrogens is 178 g/mol. The van der Waals surface area contributed by atoms with E-state index in [1.165, 1.54) is 0 Å². The molecule has 4 nitrogen and oxygen atoms in total. The van der Waals surface area contributed by atoms with E-state index in [4.69, 9.17) is 11.5 Å². The van der Waals surface area contributed by atoms with Gasteiger partial charge in [-0.15, -0.1) is 0 Å². The van der Waals surface area contributed by atoms with E-state index >= 15 is 0 Å². The Balaban J connectivity index is 3.68. The molecule has 0 aliphatic carbocycles. The van der Waals surface area contributed by atoms with Crippen LogP contribution in [-0.4, -0.2) is 36.5 Å².